The number of fused-ring (bicyclic) bond motifs is 1. The van der Waals surface area contributed by atoms with Crippen LogP contribution in [0, 0.1) is 6.92 Å². The highest BCUT2D eigenvalue weighted by Crippen LogP contribution is 2.33. The highest BCUT2D eigenvalue weighted by atomic mass is 16.5. The molecule has 0 atom stereocenters. The van der Waals surface area contributed by atoms with Crippen molar-refractivity contribution < 1.29 is 4.52 Å². The number of aromatic nitrogens is 3. The van der Waals surface area contributed by atoms with Gasteiger partial charge in [-0.25, -0.2) is 0 Å². The lowest BCUT2D eigenvalue weighted by atomic mass is 10.1. The first kappa shape index (κ1) is 13.2. The molecule has 0 amide bonds. The second kappa shape index (κ2) is 5.40. The molecule has 0 bridgehead atoms. The predicted molar refractivity (Wildman–Crippen MR) is 85.8 cm³/mol. The molecule has 5 heteroatoms. The van der Waals surface area contributed by atoms with Crippen LogP contribution in [-0.4, -0.2) is 28.4 Å². The first-order valence-electron chi connectivity index (χ1n) is 7.77. The molecule has 2 aromatic heterocycles. The Balaban J connectivity index is 1.89. The fourth-order valence-corrected chi connectivity index (χ4v) is 3.12. The Morgan fingerprint density at radius 1 is 1.00 bits per heavy atom. The summed E-state index contributed by atoms with van der Waals surface area (Å²) in [6.45, 7) is 3.96. The van der Waals surface area contributed by atoms with E-state index in [9.17, 15) is 0 Å². The number of piperidine rings is 1. The van der Waals surface area contributed by atoms with E-state index in [1.54, 1.807) is 0 Å². The first-order chi connectivity index (χ1) is 10.8. The molecular formula is C17H18N4O. The van der Waals surface area contributed by atoms with Gasteiger partial charge in [0, 0.05) is 18.7 Å². The number of rotatable bonds is 2. The maximum atomic E-state index is 5.45. The SMILES string of the molecule is Cc1onc2c(N3CCCCC3)nnc(-c3ccccc3)c12. The average Bonchev–Trinajstić information content (AvgIpc) is 2.98. The third-order valence-corrected chi connectivity index (χ3v) is 4.26. The minimum atomic E-state index is 0.794. The van der Waals surface area contributed by atoms with E-state index in [1.807, 2.05) is 37.3 Å². The molecule has 0 unspecified atom stereocenters. The molecule has 112 valence electrons. The molecule has 3 aromatic rings. The molecule has 0 aliphatic carbocycles. The Morgan fingerprint density at radius 2 is 1.77 bits per heavy atom. The summed E-state index contributed by atoms with van der Waals surface area (Å²) >= 11 is 0. The maximum absolute atomic E-state index is 5.45. The zero-order valence-corrected chi connectivity index (χ0v) is 12.6. The summed E-state index contributed by atoms with van der Waals surface area (Å²) < 4.78 is 5.45. The largest absolute Gasteiger partial charge is 0.360 e. The predicted octanol–water partition coefficient (Wildman–Crippen LogP) is 3.58. The van der Waals surface area contributed by atoms with Crippen LogP contribution in [0.2, 0.25) is 0 Å². The van der Waals surface area contributed by atoms with Crippen LogP contribution in [0.4, 0.5) is 5.82 Å². The third-order valence-electron chi connectivity index (χ3n) is 4.26. The van der Waals surface area contributed by atoms with Gasteiger partial charge in [-0.3, -0.25) is 0 Å². The van der Waals surface area contributed by atoms with Gasteiger partial charge in [0.2, 0.25) is 0 Å². The molecule has 1 fully saturated rings. The van der Waals surface area contributed by atoms with Gasteiger partial charge in [0.15, 0.2) is 11.3 Å². The second-order valence-electron chi connectivity index (χ2n) is 5.75. The van der Waals surface area contributed by atoms with E-state index in [0.29, 0.717) is 0 Å². The Hall–Kier alpha value is -2.43. The number of aryl methyl sites for hydroxylation is 1. The van der Waals surface area contributed by atoms with Gasteiger partial charge in [-0.05, 0) is 26.2 Å². The van der Waals surface area contributed by atoms with Crippen molar-refractivity contribution in [1.82, 2.24) is 15.4 Å². The van der Waals surface area contributed by atoms with Crippen LogP contribution in [0.5, 0.6) is 0 Å². The van der Waals surface area contributed by atoms with E-state index in [1.165, 1.54) is 19.3 Å². The van der Waals surface area contributed by atoms with E-state index in [2.05, 4.69) is 20.3 Å². The second-order valence-corrected chi connectivity index (χ2v) is 5.75. The number of hydrogen-bond donors (Lipinski definition) is 0. The van der Waals surface area contributed by atoms with Crippen LogP contribution >= 0.6 is 0 Å². The quantitative estimate of drug-likeness (QED) is 0.723. The first-order valence-corrected chi connectivity index (χ1v) is 7.77. The van der Waals surface area contributed by atoms with Crippen molar-refractivity contribution in [2.24, 2.45) is 0 Å². The summed E-state index contributed by atoms with van der Waals surface area (Å²) in [6, 6.07) is 10.1. The van der Waals surface area contributed by atoms with E-state index in [4.69, 9.17) is 4.52 Å². The van der Waals surface area contributed by atoms with Crippen LogP contribution in [-0.2, 0) is 0 Å². The Morgan fingerprint density at radius 3 is 2.55 bits per heavy atom. The summed E-state index contributed by atoms with van der Waals surface area (Å²) in [7, 11) is 0. The number of nitrogens with zero attached hydrogens (tertiary/aromatic N) is 4. The van der Waals surface area contributed by atoms with Crippen LogP contribution in [0.1, 0.15) is 25.0 Å². The topological polar surface area (TPSA) is 55.1 Å². The van der Waals surface area contributed by atoms with Gasteiger partial charge in [0.05, 0.1) is 5.39 Å². The molecule has 5 nitrogen and oxygen atoms in total. The average molecular weight is 294 g/mol. The van der Waals surface area contributed by atoms with E-state index >= 15 is 0 Å². The zero-order chi connectivity index (χ0) is 14.9. The molecule has 0 spiro atoms. The number of anilines is 1. The maximum Gasteiger partial charge on any atom is 0.181 e. The zero-order valence-electron chi connectivity index (χ0n) is 12.6. The summed E-state index contributed by atoms with van der Waals surface area (Å²) in [4.78, 5) is 2.27. The van der Waals surface area contributed by atoms with Gasteiger partial charge < -0.3 is 9.42 Å². The summed E-state index contributed by atoms with van der Waals surface area (Å²) in [5, 5.41) is 14.2. The minimum absolute atomic E-state index is 0.794. The normalized spacial score (nSPS) is 15.4. The molecule has 1 saturated heterocycles. The molecule has 0 N–H and O–H groups in total. The fraction of sp³-hybridized carbons (Fsp3) is 0.353. The third kappa shape index (κ3) is 2.13. The minimum Gasteiger partial charge on any atom is -0.360 e. The van der Waals surface area contributed by atoms with Crippen molar-refractivity contribution in [2.45, 2.75) is 26.2 Å². The Kier molecular flexibility index (Phi) is 3.25. The van der Waals surface area contributed by atoms with E-state index in [-0.39, 0.29) is 0 Å². The fourth-order valence-electron chi connectivity index (χ4n) is 3.12. The van der Waals surface area contributed by atoms with Gasteiger partial charge in [-0.15, -0.1) is 10.2 Å². The Bertz CT molecular complexity index is 791. The lowest BCUT2D eigenvalue weighted by Crippen LogP contribution is -2.30. The van der Waals surface area contributed by atoms with Crippen molar-refractivity contribution in [3.8, 4) is 11.3 Å². The molecule has 1 aliphatic heterocycles. The van der Waals surface area contributed by atoms with Crippen molar-refractivity contribution in [3.63, 3.8) is 0 Å². The van der Waals surface area contributed by atoms with Gasteiger partial charge >= 0.3 is 0 Å². The smallest absolute Gasteiger partial charge is 0.181 e. The molecule has 3 heterocycles. The highest BCUT2D eigenvalue weighted by Gasteiger charge is 2.22. The molecule has 0 radical (unpaired) electrons. The van der Waals surface area contributed by atoms with Crippen molar-refractivity contribution in [1.29, 1.82) is 0 Å². The Labute approximate surface area is 128 Å². The van der Waals surface area contributed by atoms with Crippen molar-refractivity contribution >= 4 is 16.7 Å². The van der Waals surface area contributed by atoms with Crippen molar-refractivity contribution in [2.75, 3.05) is 18.0 Å². The van der Waals surface area contributed by atoms with Crippen LogP contribution in [0.25, 0.3) is 22.2 Å². The summed E-state index contributed by atoms with van der Waals surface area (Å²) in [5.41, 5.74) is 2.71. The van der Waals surface area contributed by atoms with Crippen LogP contribution in [0.3, 0.4) is 0 Å². The van der Waals surface area contributed by atoms with E-state index in [0.717, 1.165) is 46.8 Å². The van der Waals surface area contributed by atoms with E-state index < -0.39 is 0 Å². The molecule has 0 saturated carbocycles. The number of hydrogen-bond acceptors (Lipinski definition) is 5. The lowest BCUT2D eigenvalue weighted by Gasteiger charge is -2.27. The van der Waals surface area contributed by atoms with Gasteiger partial charge in [-0.1, -0.05) is 35.5 Å². The van der Waals surface area contributed by atoms with Gasteiger partial charge in [0.25, 0.3) is 0 Å². The molecular weight excluding hydrogens is 276 g/mol. The van der Waals surface area contributed by atoms with Crippen molar-refractivity contribution in [3.05, 3.63) is 36.1 Å². The molecule has 1 aromatic carbocycles. The van der Waals surface area contributed by atoms with Crippen LogP contribution < -0.4 is 4.90 Å². The van der Waals surface area contributed by atoms with Gasteiger partial charge in [0.1, 0.15) is 11.5 Å². The standard InChI is InChI=1S/C17H18N4O/c1-12-14-15(13-8-4-2-5-9-13)18-19-17(16(14)20-22-12)21-10-6-3-7-11-21/h2,4-5,8-9H,3,6-7,10-11H2,1H3. The monoisotopic (exact) mass is 294 g/mol. The lowest BCUT2D eigenvalue weighted by molar-refractivity contribution is 0.405. The summed E-state index contributed by atoms with van der Waals surface area (Å²) in [5.74, 6) is 1.65. The van der Waals surface area contributed by atoms with Crippen LogP contribution in [0.15, 0.2) is 34.9 Å². The molecule has 4 rings (SSSR count). The number of benzene rings is 1. The van der Waals surface area contributed by atoms with Gasteiger partial charge in [-0.2, -0.15) is 0 Å². The molecule has 1 aliphatic rings. The highest BCUT2D eigenvalue weighted by molar-refractivity contribution is 5.98. The summed E-state index contributed by atoms with van der Waals surface area (Å²) in [6.07, 6.45) is 3.67. The molecule has 22 heavy (non-hydrogen) atoms.